The highest BCUT2D eigenvalue weighted by Gasteiger charge is 2.48. The molecular weight excluding hydrogens is 686 g/mol. The molecule has 1 N–H and O–H groups in total. The molecule has 3 atom stereocenters. The molecule has 0 heterocycles. The number of esters is 1. The Morgan fingerprint density at radius 1 is 0.580 bits per heavy atom. The van der Waals surface area contributed by atoms with Gasteiger partial charge < -0.3 is 4.74 Å². The van der Waals surface area contributed by atoms with Crippen molar-refractivity contribution in [2.24, 2.45) is 0 Å². The van der Waals surface area contributed by atoms with Gasteiger partial charge in [0, 0.05) is 11.3 Å². The molecule has 5 rings (SSSR count). The fraction of sp³-hybridized carbons (Fsp3) is 0.184. The molecule has 0 saturated carbocycles. The summed E-state index contributed by atoms with van der Waals surface area (Å²) in [5.41, 5.74) is 0.935. The molecule has 0 saturated heterocycles. The fourth-order valence-corrected chi connectivity index (χ4v) is 7.11. The Morgan fingerprint density at radius 3 is 1.36 bits per heavy atom. The van der Waals surface area contributed by atoms with Crippen LogP contribution in [-0.4, -0.2) is 30.1 Å². The van der Waals surface area contributed by atoms with E-state index in [0.717, 1.165) is 60.3 Å². The molecule has 0 amide bonds. The number of carbonyl (C=O) groups excluding carboxylic acids is 1. The summed E-state index contributed by atoms with van der Waals surface area (Å²) in [6, 6.07) is 28.6. The third-order valence-corrected chi connectivity index (χ3v) is 9.53. The number of nitrogens with one attached hydrogen (secondary N) is 1. The molecule has 5 aromatic rings. The average molecular weight is 716 g/mol. The van der Waals surface area contributed by atoms with Gasteiger partial charge in [-0.3, -0.25) is 10.1 Å². The number of alkyl halides is 6. The van der Waals surface area contributed by atoms with Gasteiger partial charge in [0.2, 0.25) is 6.10 Å². The van der Waals surface area contributed by atoms with Gasteiger partial charge in [-0.2, -0.15) is 26.3 Å². The molecule has 0 aliphatic heterocycles. The summed E-state index contributed by atoms with van der Waals surface area (Å²) < 4.78 is 118. The van der Waals surface area contributed by atoms with Gasteiger partial charge in [0.05, 0.1) is 4.75 Å². The number of hydrogen-bond acceptors (Lipinski definition) is 4. The Hall–Kier alpha value is -4.68. The molecule has 12 heteroatoms. The van der Waals surface area contributed by atoms with E-state index in [1.54, 1.807) is 91.0 Å². The Kier molecular flexibility index (Phi) is 11.3. The zero-order valence-corrected chi connectivity index (χ0v) is 26.8. The van der Waals surface area contributed by atoms with Crippen molar-refractivity contribution in [1.29, 1.82) is 0 Å². The smallest absolute Gasteiger partial charge is 0.429 e. The van der Waals surface area contributed by atoms with Crippen LogP contribution in [0.1, 0.15) is 40.0 Å². The van der Waals surface area contributed by atoms with Crippen LogP contribution in [0.2, 0.25) is 0 Å². The standard InChI is InChI=1S/C38H29F8NO2S/c39-30-20-16-25(17-21-30)33(37(41,42)43)47-32(35(48)49-34(38(44,45)46)26-18-22-31(40)23-19-26)24-50-36(27-10-4-1-5-11-27,28-12-6-2-7-13-28)29-14-8-3-9-15-29/h1-23,32-34,47H,24H2/t32?,33-,34+/m1/s1. The van der Waals surface area contributed by atoms with Crippen LogP contribution in [0.4, 0.5) is 35.1 Å². The van der Waals surface area contributed by atoms with E-state index in [0.29, 0.717) is 16.7 Å². The lowest BCUT2D eigenvalue weighted by atomic mass is 9.84. The maximum absolute atomic E-state index is 14.6. The molecule has 0 aromatic heterocycles. The first-order valence-electron chi connectivity index (χ1n) is 15.2. The molecular formula is C38H29F8NO2S. The van der Waals surface area contributed by atoms with Crippen LogP contribution < -0.4 is 5.32 Å². The van der Waals surface area contributed by atoms with Crippen molar-refractivity contribution in [1.82, 2.24) is 5.32 Å². The SMILES string of the molecule is O=C(O[C@@H](c1ccc(F)cc1)C(F)(F)F)C(CSC(c1ccccc1)(c1ccccc1)c1ccccc1)N[C@H](c1ccc(F)cc1)C(F)(F)F. The van der Waals surface area contributed by atoms with Crippen LogP contribution >= 0.6 is 11.8 Å². The van der Waals surface area contributed by atoms with Crippen molar-refractivity contribution in [2.75, 3.05) is 5.75 Å². The number of ether oxygens (including phenoxy) is 1. The Bertz CT molecular complexity index is 1720. The first kappa shape index (κ1) is 36.6. The van der Waals surface area contributed by atoms with Gasteiger partial charge in [0.25, 0.3) is 0 Å². The Morgan fingerprint density at radius 2 is 0.980 bits per heavy atom. The van der Waals surface area contributed by atoms with Crippen molar-refractivity contribution < 1.29 is 44.7 Å². The summed E-state index contributed by atoms with van der Waals surface area (Å²) in [7, 11) is 0. The van der Waals surface area contributed by atoms with Gasteiger partial charge in [-0.05, 0) is 46.5 Å². The second kappa shape index (κ2) is 15.5. The zero-order chi connectivity index (χ0) is 35.9. The minimum Gasteiger partial charge on any atom is -0.447 e. The molecule has 0 aliphatic carbocycles. The molecule has 260 valence electrons. The average Bonchev–Trinajstić information content (AvgIpc) is 3.10. The maximum atomic E-state index is 14.6. The topological polar surface area (TPSA) is 38.3 Å². The molecule has 0 aliphatic rings. The minimum atomic E-state index is -5.20. The van der Waals surface area contributed by atoms with E-state index in [1.807, 2.05) is 0 Å². The molecule has 1 unspecified atom stereocenters. The van der Waals surface area contributed by atoms with E-state index in [-0.39, 0.29) is 0 Å². The molecule has 5 aromatic carbocycles. The molecule has 0 radical (unpaired) electrons. The highest BCUT2D eigenvalue weighted by Crippen LogP contribution is 2.49. The lowest BCUT2D eigenvalue weighted by Gasteiger charge is -2.37. The van der Waals surface area contributed by atoms with Crippen molar-refractivity contribution in [3.63, 3.8) is 0 Å². The summed E-state index contributed by atoms with van der Waals surface area (Å²) >= 11 is 1.03. The van der Waals surface area contributed by atoms with E-state index in [1.165, 1.54) is 0 Å². The summed E-state index contributed by atoms with van der Waals surface area (Å²) in [4.78, 5) is 13.8. The van der Waals surface area contributed by atoms with Crippen molar-refractivity contribution in [3.05, 3.63) is 179 Å². The molecule has 0 spiro atoms. The van der Waals surface area contributed by atoms with E-state index >= 15 is 0 Å². The van der Waals surface area contributed by atoms with Crippen LogP contribution in [0.15, 0.2) is 140 Å². The van der Waals surface area contributed by atoms with Crippen LogP contribution in [0.5, 0.6) is 0 Å². The van der Waals surface area contributed by atoms with Gasteiger partial charge in [0.1, 0.15) is 23.7 Å². The number of carbonyl (C=O) groups is 1. The maximum Gasteiger partial charge on any atom is 0.429 e. The highest BCUT2D eigenvalue weighted by molar-refractivity contribution is 8.00. The van der Waals surface area contributed by atoms with Crippen LogP contribution in [0.3, 0.4) is 0 Å². The van der Waals surface area contributed by atoms with Crippen LogP contribution in [0, 0.1) is 11.6 Å². The van der Waals surface area contributed by atoms with Crippen LogP contribution in [0.25, 0.3) is 0 Å². The number of hydrogen-bond donors (Lipinski definition) is 1. The summed E-state index contributed by atoms with van der Waals surface area (Å²) in [6.45, 7) is 0. The third-order valence-electron chi connectivity index (χ3n) is 7.89. The van der Waals surface area contributed by atoms with E-state index in [9.17, 15) is 39.9 Å². The molecule has 0 bridgehead atoms. The van der Waals surface area contributed by atoms with Crippen molar-refractivity contribution in [3.8, 4) is 0 Å². The highest BCUT2D eigenvalue weighted by atomic mass is 32.2. The van der Waals surface area contributed by atoms with Gasteiger partial charge >= 0.3 is 18.3 Å². The number of benzene rings is 5. The summed E-state index contributed by atoms with van der Waals surface area (Å²) in [5, 5.41) is 2.20. The lowest BCUT2D eigenvalue weighted by molar-refractivity contribution is -0.225. The van der Waals surface area contributed by atoms with Crippen molar-refractivity contribution >= 4 is 17.7 Å². The fourth-order valence-electron chi connectivity index (χ4n) is 5.56. The third kappa shape index (κ3) is 8.54. The minimum absolute atomic E-state index is 0.479. The van der Waals surface area contributed by atoms with Gasteiger partial charge in [-0.25, -0.2) is 8.78 Å². The van der Waals surface area contributed by atoms with E-state index < -0.39 is 69.8 Å². The van der Waals surface area contributed by atoms with Gasteiger partial charge in [0.15, 0.2) is 0 Å². The van der Waals surface area contributed by atoms with Gasteiger partial charge in [-0.1, -0.05) is 115 Å². The number of thioether (sulfide) groups is 1. The lowest BCUT2D eigenvalue weighted by Crippen LogP contribution is -2.48. The Balaban J connectivity index is 1.61. The zero-order valence-electron chi connectivity index (χ0n) is 26.0. The second-order valence-corrected chi connectivity index (χ2v) is 12.5. The van der Waals surface area contributed by atoms with Gasteiger partial charge in [-0.15, -0.1) is 11.8 Å². The predicted molar refractivity (Wildman–Crippen MR) is 175 cm³/mol. The number of halogens is 8. The van der Waals surface area contributed by atoms with Crippen LogP contribution in [-0.2, 0) is 14.3 Å². The van der Waals surface area contributed by atoms with Crippen molar-refractivity contribution in [2.45, 2.75) is 35.3 Å². The second-order valence-electron chi connectivity index (χ2n) is 11.2. The number of rotatable bonds is 12. The quantitative estimate of drug-likeness (QED) is 0.0793. The first-order valence-corrected chi connectivity index (χ1v) is 16.2. The summed E-state index contributed by atoms with van der Waals surface area (Å²) in [6.07, 6.45) is -13.2. The van der Waals surface area contributed by atoms with E-state index in [4.69, 9.17) is 4.74 Å². The molecule has 50 heavy (non-hydrogen) atoms. The normalized spacial score (nSPS) is 14.1. The predicted octanol–water partition coefficient (Wildman–Crippen LogP) is 10.1. The monoisotopic (exact) mass is 715 g/mol. The Labute approximate surface area is 287 Å². The molecule has 0 fully saturated rings. The first-order chi connectivity index (χ1) is 23.8. The molecule has 3 nitrogen and oxygen atoms in total. The summed E-state index contributed by atoms with van der Waals surface area (Å²) in [5.74, 6) is -3.82. The largest absolute Gasteiger partial charge is 0.447 e. The van der Waals surface area contributed by atoms with E-state index in [2.05, 4.69) is 5.32 Å².